The summed E-state index contributed by atoms with van der Waals surface area (Å²) in [6.07, 6.45) is 10.9. The van der Waals surface area contributed by atoms with Gasteiger partial charge in [-0.05, 0) is 56.8 Å². The van der Waals surface area contributed by atoms with Crippen LogP contribution in [0, 0.1) is 11.8 Å². The third-order valence-corrected chi connectivity index (χ3v) is 5.80. The van der Waals surface area contributed by atoms with Crippen molar-refractivity contribution < 1.29 is 9.90 Å². The number of carbonyl (C=O) groups is 1. The Morgan fingerprint density at radius 1 is 1.05 bits per heavy atom. The van der Waals surface area contributed by atoms with Crippen molar-refractivity contribution in [2.75, 3.05) is 0 Å². The van der Waals surface area contributed by atoms with Crippen LogP contribution in [0.2, 0.25) is 0 Å². The average molecular weight is 265 g/mol. The second-order valence-corrected chi connectivity index (χ2v) is 7.06. The molecule has 0 aromatic carbocycles. The lowest BCUT2D eigenvalue weighted by atomic mass is 9.75. The molecule has 2 aliphatic carbocycles. The molecule has 1 heterocycles. The molecule has 3 fully saturated rings. The molecule has 19 heavy (non-hydrogen) atoms. The predicted octanol–water partition coefficient (Wildman–Crippen LogP) is 3.28. The zero-order valence-corrected chi connectivity index (χ0v) is 12.1. The van der Waals surface area contributed by atoms with Crippen LogP contribution in [0.4, 0.5) is 0 Å². The molecule has 1 saturated heterocycles. The van der Waals surface area contributed by atoms with Crippen molar-refractivity contribution >= 4 is 5.97 Å². The van der Waals surface area contributed by atoms with Gasteiger partial charge >= 0.3 is 5.97 Å². The summed E-state index contributed by atoms with van der Waals surface area (Å²) < 4.78 is 0. The monoisotopic (exact) mass is 265 g/mol. The van der Waals surface area contributed by atoms with Gasteiger partial charge in [0, 0.05) is 12.1 Å². The Balaban J connectivity index is 1.81. The number of hydrogen-bond acceptors (Lipinski definition) is 2. The van der Waals surface area contributed by atoms with Gasteiger partial charge in [-0.15, -0.1) is 0 Å². The molecule has 0 aromatic heterocycles. The van der Waals surface area contributed by atoms with Crippen molar-refractivity contribution in [1.82, 2.24) is 4.90 Å². The maximum Gasteiger partial charge on any atom is 0.320 e. The predicted molar refractivity (Wildman–Crippen MR) is 75.0 cm³/mol. The molecule has 0 bridgehead atoms. The number of rotatable bonds is 2. The molecule has 3 rings (SSSR count). The first kappa shape index (κ1) is 13.4. The highest BCUT2D eigenvalue weighted by Crippen LogP contribution is 2.42. The number of piperidine rings is 1. The highest BCUT2D eigenvalue weighted by atomic mass is 16.4. The minimum Gasteiger partial charge on any atom is -0.480 e. The first-order valence-corrected chi connectivity index (χ1v) is 8.17. The van der Waals surface area contributed by atoms with Crippen molar-refractivity contribution in [1.29, 1.82) is 0 Å². The lowest BCUT2D eigenvalue weighted by Crippen LogP contribution is -2.58. The van der Waals surface area contributed by atoms with Gasteiger partial charge in [-0.3, -0.25) is 9.69 Å². The van der Waals surface area contributed by atoms with Crippen LogP contribution >= 0.6 is 0 Å². The van der Waals surface area contributed by atoms with Gasteiger partial charge in [0.2, 0.25) is 0 Å². The molecular weight excluding hydrogens is 238 g/mol. The van der Waals surface area contributed by atoms with Crippen LogP contribution in [-0.2, 0) is 4.79 Å². The topological polar surface area (TPSA) is 40.5 Å². The molecule has 3 nitrogen and oxygen atoms in total. The van der Waals surface area contributed by atoms with Crippen molar-refractivity contribution in [3.8, 4) is 0 Å². The van der Waals surface area contributed by atoms with E-state index in [2.05, 4.69) is 11.8 Å². The van der Waals surface area contributed by atoms with E-state index in [1.807, 2.05) is 0 Å². The van der Waals surface area contributed by atoms with Crippen LogP contribution in [0.5, 0.6) is 0 Å². The second-order valence-electron chi connectivity index (χ2n) is 7.06. The largest absolute Gasteiger partial charge is 0.480 e. The van der Waals surface area contributed by atoms with E-state index in [1.165, 1.54) is 44.9 Å². The normalized spacial score (nSPS) is 43.9. The summed E-state index contributed by atoms with van der Waals surface area (Å²) in [5.74, 6) is 0.979. The molecule has 0 aromatic rings. The van der Waals surface area contributed by atoms with Gasteiger partial charge < -0.3 is 5.11 Å². The second kappa shape index (κ2) is 5.43. The van der Waals surface area contributed by atoms with Crippen LogP contribution in [-0.4, -0.2) is 34.1 Å². The van der Waals surface area contributed by atoms with Gasteiger partial charge in [-0.1, -0.05) is 19.8 Å². The van der Waals surface area contributed by atoms with Gasteiger partial charge in [0.25, 0.3) is 0 Å². The molecule has 0 spiro atoms. The molecule has 3 aliphatic rings. The van der Waals surface area contributed by atoms with E-state index in [1.54, 1.807) is 0 Å². The van der Waals surface area contributed by atoms with Gasteiger partial charge in [0.1, 0.15) is 6.04 Å². The van der Waals surface area contributed by atoms with E-state index in [-0.39, 0.29) is 6.04 Å². The Labute approximate surface area is 116 Å². The third kappa shape index (κ3) is 2.54. The summed E-state index contributed by atoms with van der Waals surface area (Å²) in [6, 6.07) is 0.913. The van der Waals surface area contributed by atoms with E-state index in [0.29, 0.717) is 12.1 Å². The van der Waals surface area contributed by atoms with Gasteiger partial charge in [0.05, 0.1) is 0 Å². The number of carboxylic acids is 1. The summed E-state index contributed by atoms with van der Waals surface area (Å²) in [7, 11) is 0. The van der Waals surface area contributed by atoms with Crippen LogP contribution in [0.1, 0.15) is 64.7 Å². The minimum absolute atomic E-state index is 0.199. The van der Waals surface area contributed by atoms with Crippen LogP contribution in [0.3, 0.4) is 0 Å². The Morgan fingerprint density at radius 2 is 1.84 bits per heavy atom. The fourth-order valence-corrected chi connectivity index (χ4v) is 4.89. The zero-order valence-electron chi connectivity index (χ0n) is 12.1. The fourth-order valence-electron chi connectivity index (χ4n) is 4.89. The van der Waals surface area contributed by atoms with E-state index < -0.39 is 5.97 Å². The quantitative estimate of drug-likeness (QED) is 0.833. The minimum atomic E-state index is -0.580. The number of carboxylic acid groups (broad SMARTS) is 1. The molecule has 0 radical (unpaired) electrons. The van der Waals surface area contributed by atoms with E-state index in [4.69, 9.17) is 0 Å². The number of nitrogens with zero attached hydrogens (tertiary/aromatic N) is 1. The lowest BCUT2D eigenvalue weighted by Gasteiger charge is -2.50. The zero-order chi connectivity index (χ0) is 13.4. The highest BCUT2D eigenvalue weighted by Gasteiger charge is 2.45. The van der Waals surface area contributed by atoms with Crippen molar-refractivity contribution in [2.45, 2.75) is 82.8 Å². The summed E-state index contributed by atoms with van der Waals surface area (Å²) in [6.45, 7) is 2.32. The smallest absolute Gasteiger partial charge is 0.320 e. The Bertz CT molecular complexity index is 344. The lowest BCUT2D eigenvalue weighted by molar-refractivity contribution is -0.150. The number of aliphatic carboxylic acids is 1. The summed E-state index contributed by atoms with van der Waals surface area (Å²) in [5, 5.41) is 9.58. The van der Waals surface area contributed by atoms with Crippen molar-refractivity contribution in [2.24, 2.45) is 11.8 Å². The number of hydrogen-bond donors (Lipinski definition) is 1. The molecule has 5 atom stereocenters. The van der Waals surface area contributed by atoms with Crippen LogP contribution in [0.25, 0.3) is 0 Å². The number of likely N-dealkylation sites (tertiary alicyclic amines) is 1. The maximum absolute atomic E-state index is 11.6. The van der Waals surface area contributed by atoms with Gasteiger partial charge in [-0.25, -0.2) is 0 Å². The van der Waals surface area contributed by atoms with Crippen LogP contribution < -0.4 is 0 Å². The first-order valence-electron chi connectivity index (χ1n) is 8.17. The van der Waals surface area contributed by atoms with E-state index >= 15 is 0 Å². The Hall–Kier alpha value is -0.570. The maximum atomic E-state index is 11.6. The molecule has 1 aliphatic heterocycles. The molecule has 108 valence electrons. The molecule has 2 saturated carbocycles. The molecule has 1 N–H and O–H groups in total. The van der Waals surface area contributed by atoms with Gasteiger partial charge in [0.15, 0.2) is 0 Å². The highest BCUT2D eigenvalue weighted by molar-refractivity contribution is 5.73. The van der Waals surface area contributed by atoms with Crippen molar-refractivity contribution in [3.05, 3.63) is 0 Å². The molecule has 0 amide bonds. The van der Waals surface area contributed by atoms with E-state index in [9.17, 15) is 9.90 Å². The Kier molecular flexibility index (Phi) is 3.84. The Morgan fingerprint density at radius 3 is 2.53 bits per heavy atom. The van der Waals surface area contributed by atoms with E-state index in [0.717, 1.165) is 24.7 Å². The summed E-state index contributed by atoms with van der Waals surface area (Å²) in [4.78, 5) is 14.1. The molecule has 5 unspecified atom stereocenters. The molecule has 3 heteroatoms. The number of fused-ring (bicyclic) bond motifs is 1. The SMILES string of the molecule is CC1CCC(N2C(C(=O)O)CCC3CCCCC32)C1. The molecular formula is C16H27NO2. The van der Waals surface area contributed by atoms with Gasteiger partial charge in [-0.2, -0.15) is 0 Å². The standard InChI is InChI=1S/C16H27NO2/c1-11-6-8-13(10-11)17-14-5-3-2-4-12(14)7-9-15(17)16(18)19/h11-15H,2-10H2,1H3,(H,18,19). The average Bonchev–Trinajstić information content (AvgIpc) is 2.83. The van der Waals surface area contributed by atoms with Crippen LogP contribution in [0.15, 0.2) is 0 Å². The third-order valence-electron chi connectivity index (χ3n) is 5.80. The summed E-state index contributed by atoms with van der Waals surface area (Å²) >= 11 is 0. The summed E-state index contributed by atoms with van der Waals surface area (Å²) in [5.41, 5.74) is 0. The van der Waals surface area contributed by atoms with Crippen molar-refractivity contribution in [3.63, 3.8) is 0 Å². The first-order chi connectivity index (χ1) is 9.16. The fraction of sp³-hybridized carbons (Fsp3) is 0.938.